The second-order valence-electron chi connectivity index (χ2n) is 6.73. The van der Waals surface area contributed by atoms with Gasteiger partial charge in [0, 0.05) is 16.0 Å². The number of benzene rings is 1. The van der Waals surface area contributed by atoms with Crippen LogP contribution in [0, 0.1) is 23.6 Å². The van der Waals surface area contributed by atoms with Crippen molar-refractivity contribution >= 4 is 23.1 Å². The van der Waals surface area contributed by atoms with E-state index in [0.29, 0.717) is 11.2 Å². The molecule has 0 amide bonds. The summed E-state index contributed by atoms with van der Waals surface area (Å²) in [5, 5.41) is 1.68. The molecule has 2 aliphatic carbocycles. The Morgan fingerprint density at radius 3 is 2.73 bits per heavy atom. The standard InChI is InChI=1S/C17H16FNOS2/c18-11-5-3-8(4-6-11)12-13-9-1-2-10(7-9)14(13)21-16-15(12)22-17(20)19-16/h3-6,9-10,12-14H,1-2,7H2,(H,19,20)/t9-,10-,12+,13+,14+/m0/s1. The molecule has 2 fully saturated rings. The zero-order valence-electron chi connectivity index (χ0n) is 11.9. The normalized spacial score (nSPS) is 35.4. The molecular weight excluding hydrogens is 317 g/mol. The molecule has 0 radical (unpaired) electrons. The fraction of sp³-hybridized carbons (Fsp3) is 0.471. The van der Waals surface area contributed by atoms with Crippen molar-refractivity contribution in [2.24, 2.45) is 17.8 Å². The van der Waals surface area contributed by atoms with Crippen LogP contribution in [0.1, 0.15) is 35.6 Å². The van der Waals surface area contributed by atoms with Gasteiger partial charge in [-0.3, -0.25) is 4.79 Å². The SMILES string of the molecule is O=c1[nH]c2c(s1)[C@H](c1ccc(F)cc1)[C@H]1[C@H]3CC[C@@H](C3)[C@H]1S2. The number of aromatic amines is 1. The van der Waals surface area contributed by atoms with Gasteiger partial charge in [-0.05, 0) is 54.7 Å². The minimum atomic E-state index is -0.194. The van der Waals surface area contributed by atoms with E-state index in [1.165, 1.54) is 41.0 Å². The Bertz CT molecular complexity index is 781. The summed E-state index contributed by atoms with van der Waals surface area (Å²) in [6.07, 6.45) is 3.98. The van der Waals surface area contributed by atoms with E-state index in [0.717, 1.165) is 16.9 Å². The molecule has 5 rings (SSSR count). The summed E-state index contributed by atoms with van der Waals surface area (Å²) in [7, 11) is 0. The van der Waals surface area contributed by atoms with Crippen molar-refractivity contribution in [2.45, 2.75) is 35.5 Å². The first kappa shape index (κ1) is 13.4. The Kier molecular flexibility index (Phi) is 2.87. The van der Waals surface area contributed by atoms with Gasteiger partial charge in [0.05, 0.1) is 5.03 Å². The van der Waals surface area contributed by atoms with E-state index in [4.69, 9.17) is 0 Å². The Hall–Kier alpha value is -1.07. The van der Waals surface area contributed by atoms with Gasteiger partial charge in [0.1, 0.15) is 5.82 Å². The molecule has 2 bridgehead atoms. The van der Waals surface area contributed by atoms with Crippen LogP contribution in [0.3, 0.4) is 0 Å². The number of thiazole rings is 1. The Morgan fingerprint density at radius 1 is 1.14 bits per heavy atom. The molecule has 2 aromatic rings. The smallest absolute Gasteiger partial charge is 0.305 e. The van der Waals surface area contributed by atoms with Crippen LogP contribution in [-0.4, -0.2) is 10.2 Å². The summed E-state index contributed by atoms with van der Waals surface area (Å²) in [6, 6.07) is 6.92. The molecule has 2 heterocycles. The van der Waals surface area contributed by atoms with Gasteiger partial charge in [0.2, 0.25) is 0 Å². The summed E-state index contributed by atoms with van der Waals surface area (Å²) in [5.41, 5.74) is 1.17. The maximum absolute atomic E-state index is 13.3. The number of hydrogen-bond acceptors (Lipinski definition) is 3. The van der Waals surface area contributed by atoms with Crippen LogP contribution in [0.15, 0.2) is 34.1 Å². The largest absolute Gasteiger partial charge is 0.307 e. The predicted octanol–water partition coefficient (Wildman–Crippen LogP) is 4.23. The molecule has 22 heavy (non-hydrogen) atoms. The molecule has 3 aliphatic rings. The van der Waals surface area contributed by atoms with Crippen molar-refractivity contribution in [3.8, 4) is 0 Å². The van der Waals surface area contributed by atoms with Gasteiger partial charge in [-0.1, -0.05) is 23.5 Å². The van der Waals surface area contributed by atoms with Crippen LogP contribution < -0.4 is 4.87 Å². The first-order valence-corrected chi connectivity index (χ1v) is 9.55. The highest BCUT2D eigenvalue weighted by Crippen LogP contribution is 2.63. The lowest BCUT2D eigenvalue weighted by Crippen LogP contribution is -2.33. The Balaban J connectivity index is 1.68. The molecule has 2 saturated carbocycles. The van der Waals surface area contributed by atoms with E-state index >= 15 is 0 Å². The van der Waals surface area contributed by atoms with Crippen molar-refractivity contribution in [1.82, 2.24) is 4.98 Å². The minimum absolute atomic E-state index is 0.0388. The molecule has 1 aromatic carbocycles. The van der Waals surface area contributed by atoms with Gasteiger partial charge >= 0.3 is 4.87 Å². The fourth-order valence-corrected chi connectivity index (χ4v) is 7.79. The molecule has 0 saturated heterocycles. The van der Waals surface area contributed by atoms with E-state index in [-0.39, 0.29) is 16.6 Å². The summed E-state index contributed by atoms with van der Waals surface area (Å²) >= 11 is 3.24. The summed E-state index contributed by atoms with van der Waals surface area (Å²) in [6.45, 7) is 0. The minimum Gasteiger partial charge on any atom is -0.307 e. The van der Waals surface area contributed by atoms with Crippen LogP contribution in [0.4, 0.5) is 4.39 Å². The van der Waals surface area contributed by atoms with Crippen molar-refractivity contribution in [2.75, 3.05) is 0 Å². The van der Waals surface area contributed by atoms with E-state index < -0.39 is 0 Å². The lowest BCUT2D eigenvalue weighted by molar-refractivity contribution is 0.307. The predicted molar refractivity (Wildman–Crippen MR) is 87.1 cm³/mol. The van der Waals surface area contributed by atoms with Gasteiger partial charge in [-0.25, -0.2) is 4.39 Å². The molecule has 5 heteroatoms. The zero-order chi connectivity index (χ0) is 14.8. The highest BCUT2D eigenvalue weighted by atomic mass is 32.2. The van der Waals surface area contributed by atoms with Crippen molar-refractivity contribution in [3.05, 3.63) is 50.2 Å². The Labute approximate surface area is 136 Å². The van der Waals surface area contributed by atoms with E-state index in [1.54, 1.807) is 12.1 Å². The van der Waals surface area contributed by atoms with Crippen molar-refractivity contribution in [1.29, 1.82) is 0 Å². The van der Waals surface area contributed by atoms with Crippen molar-refractivity contribution < 1.29 is 4.39 Å². The number of thioether (sulfide) groups is 1. The van der Waals surface area contributed by atoms with Gasteiger partial charge in [-0.15, -0.1) is 11.8 Å². The summed E-state index contributed by atoms with van der Waals surface area (Å²) < 4.78 is 13.3. The molecule has 2 nitrogen and oxygen atoms in total. The number of fused-ring (bicyclic) bond motifs is 6. The van der Waals surface area contributed by atoms with Crippen LogP contribution in [0.25, 0.3) is 0 Å². The van der Waals surface area contributed by atoms with Gasteiger partial charge in [-0.2, -0.15) is 0 Å². The molecular formula is C17H16FNOS2. The second kappa shape index (κ2) is 4.71. The molecule has 114 valence electrons. The first-order chi connectivity index (χ1) is 10.7. The third-order valence-corrected chi connectivity index (χ3v) is 8.32. The van der Waals surface area contributed by atoms with Crippen LogP contribution in [0.2, 0.25) is 0 Å². The number of H-pyrrole nitrogens is 1. The lowest BCUT2D eigenvalue weighted by Gasteiger charge is -2.40. The second-order valence-corrected chi connectivity index (χ2v) is 8.93. The quantitative estimate of drug-likeness (QED) is 0.847. The molecule has 0 spiro atoms. The van der Waals surface area contributed by atoms with Crippen LogP contribution in [0.5, 0.6) is 0 Å². The Morgan fingerprint density at radius 2 is 1.91 bits per heavy atom. The highest BCUT2D eigenvalue weighted by molar-refractivity contribution is 8.00. The fourth-order valence-electron chi connectivity index (χ4n) is 4.89. The first-order valence-electron chi connectivity index (χ1n) is 7.86. The van der Waals surface area contributed by atoms with Gasteiger partial charge in [0.25, 0.3) is 0 Å². The highest BCUT2D eigenvalue weighted by Gasteiger charge is 2.54. The third-order valence-electron chi connectivity index (χ3n) is 5.69. The molecule has 0 unspecified atom stereocenters. The number of halogens is 1. The lowest BCUT2D eigenvalue weighted by atomic mass is 9.75. The summed E-state index contributed by atoms with van der Waals surface area (Å²) in [5.74, 6) is 2.23. The summed E-state index contributed by atoms with van der Waals surface area (Å²) in [4.78, 5) is 16.1. The van der Waals surface area contributed by atoms with Crippen LogP contribution >= 0.6 is 23.1 Å². The van der Waals surface area contributed by atoms with Gasteiger partial charge < -0.3 is 4.98 Å². The number of aromatic nitrogens is 1. The van der Waals surface area contributed by atoms with Crippen molar-refractivity contribution in [3.63, 3.8) is 0 Å². The van der Waals surface area contributed by atoms with E-state index in [9.17, 15) is 9.18 Å². The third kappa shape index (κ3) is 1.81. The topological polar surface area (TPSA) is 32.9 Å². The van der Waals surface area contributed by atoms with E-state index in [1.807, 2.05) is 23.9 Å². The van der Waals surface area contributed by atoms with Crippen LogP contribution in [-0.2, 0) is 0 Å². The zero-order valence-corrected chi connectivity index (χ0v) is 13.6. The molecule has 1 aromatic heterocycles. The van der Waals surface area contributed by atoms with E-state index in [2.05, 4.69) is 4.98 Å². The molecule has 1 N–H and O–H groups in total. The maximum atomic E-state index is 13.3. The average molecular weight is 333 g/mol. The number of nitrogens with one attached hydrogen (secondary N) is 1. The number of rotatable bonds is 1. The molecule has 5 atom stereocenters. The monoisotopic (exact) mass is 333 g/mol. The maximum Gasteiger partial charge on any atom is 0.305 e. The van der Waals surface area contributed by atoms with Gasteiger partial charge in [0.15, 0.2) is 0 Å². The molecule has 1 aliphatic heterocycles. The average Bonchev–Trinajstić information content (AvgIpc) is 3.19. The number of hydrogen-bond donors (Lipinski definition) is 1.